The van der Waals surface area contributed by atoms with E-state index in [1.165, 1.54) is 14.0 Å². The average Bonchev–Trinajstić information content (AvgIpc) is 3.69. The molecule has 0 amide bonds. The van der Waals surface area contributed by atoms with Crippen LogP contribution in [0.5, 0.6) is 0 Å². The zero-order valence-electron chi connectivity index (χ0n) is 45.6. The van der Waals surface area contributed by atoms with Gasteiger partial charge in [-0.2, -0.15) is 0 Å². The molecule has 19 heteroatoms. The third-order valence-electron chi connectivity index (χ3n) is 19.2. The molecule has 0 spiro atoms. The van der Waals surface area contributed by atoms with Crippen molar-refractivity contribution in [3.05, 3.63) is 47.5 Å². The molecule has 7 fully saturated rings. The summed E-state index contributed by atoms with van der Waals surface area (Å²) in [5.74, 6) is -1.65. The molecule has 0 aromatic heterocycles. The lowest BCUT2D eigenvalue weighted by atomic mass is 9.43. The highest BCUT2D eigenvalue weighted by atomic mass is 16.8. The minimum absolute atomic E-state index is 0.0872. The van der Waals surface area contributed by atoms with Crippen molar-refractivity contribution in [1.82, 2.24) is 0 Å². The number of carbonyl (C=O) groups is 2. The molecule has 4 saturated heterocycles. The average molecular weight is 1060 g/mol. The second-order valence-corrected chi connectivity index (χ2v) is 23.2. The molecule has 1 aromatic rings. The predicted octanol–water partition coefficient (Wildman–Crippen LogP) is 4.69. The highest BCUT2D eigenvalue weighted by Crippen LogP contribution is 2.70. The number of hydrogen-bond donors (Lipinski definition) is 4. The Bertz CT molecular complexity index is 2170. The van der Waals surface area contributed by atoms with Gasteiger partial charge in [-0.25, -0.2) is 4.79 Å². The van der Waals surface area contributed by atoms with Crippen molar-refractivity contribution < 1.29 is 91.6 Å². The van der Waals surface area contributed by atoms with Crippen molar-refractivity contribution in [3.8, 4) is 0 Å². The lowest BCUT2D eigenvalue weighted by Crippen LogP contribution is -2.75. The fourth-order valence-electron chi connectivity index (χ4n) is 15.0. The maximum atomic E-state index is 13.7. The maximum Gasteiger partial charge on any atom is 0.338 e. The number of ether oxygens (including phenoxy) is 13. The number of benzene rings is 1. The quantitative estimate of drug-likeness (QED) is 0.138. The number of hydrogen-bond acceptors (Lipinski definition) is 19. The van der Waals surface area contributed by atoms with Crippen LogP contribution in [0.1, 0.15) is 123 Å². The monoisotopic (exact) mass is 1060 g/mol. The van der Waals surface area contributed by atoms with Crippen LogP contribution in [0.3, 0.4) is 0 Å². The minimum atomic E-state index is -1.68. The number of methoxy groups -OCH3 is 4. The molecule has 422 valence electrons. The first kappa shape index (κ1) is 57.2. The summed E-state index contributed by atoms with van der Waals surface area (Å²) < 4.78 is 81.2. The van der Waals surface area contributed by atoms with E-state index in [4.69, 9.17) is 61.6 Å². The Morgan fingerprint density at radius 1 is 0.640 bits per heavy atom. The van der Waals surface area contributed by atoms with Gasteiger partial charge >= 0.3 is 5.97 Å². The summed E-state index contributed by atoms with van der Waals surface area (Å²) in [7, 11) is 6.27. The van der Waals surface area contributed by atoms with Gasteiger partial charge in [0.25, 0.3) is 0 Å². The molecule has 4 N–H and O–H groups in total. The number of ketones is 1. The van der Waals surface area contributed by atoms with Gasteiger partial charge in [0.05, 0.1) is 54.4 Å². The summed E-state index contributed by atoms with van der Waals surface area (Å²) in [6, 6.07) is 8.76. The van der Waals surface area contributed by atoms with Gasteiger partial charge in [0, 0.05) is 65.0 Å². The van der Waals surface area contributed by atoms with Crippen molar-refractivity contribution in [3.63, 3.8) is 0 Å². The van der Waals surface area contributed by atoms with Crippen LogP contribution in [-0.2, 0) is 66.4 Å². The number of fused-ring (bicyclic) bond motifs is 5. The molecular formula is C56H84O19. The van der Waals surface area contributed by atoms with Crippen LogP contribution in [0.2, 0.25) is 0 Å². The van der Waals surface area contributed by atoms with E-state index in [-0.39, 0.29) is 24.7 Å². The van der Waals surface area contributed by atoms with Gasteiger partial charge < -0.3 is 82.0 Å². The Kier molecular flexibility index (Phi) is 17.2. The van der Waals surface area contributed by atoms with Crippen LogP contribution in [0.15, 0.2) is 42.0 Å². The van der Waals surface area contributed by atoms with Gasteiger partial charge in [-0.1, -0.05) is 43.7 Å². The Morgan fingerprint density at radius 3 is 1.72 bits per heavy atom. The first-order valence-corrected chi connectivity index (χ1v) is 27.3. The lowest BCUT2D eigenvalue weighted by molar-refractivity contribution is -0.355. The SMILES string of the molecule is CO[C@@H]1[C@@H](O)[C@H](O[C@H]2[C@@H](OC)C[C@H](O[C@H]3[C@@H](OC)C[C@H](O[C@H]4[C@@H](OC)C[C@H](O[C@H]5CC[C@@]6(C)C(=CC[C@]7(O)[C@@H]6C[C@@H](OC(=O)c6ccccc6)[C@]6(C)[C@@H](C(C)=O)CC[C@@]67O)C5)O[C@@H]4C)O[C@@H]3C)O[C@@H]2C)O[C@H](C)[C@H]1O. The number of Topliss-reactive ketones (excluding diaryl/α,β-unsaturated/α-hetero) is 1. The smallest absolute Gasteiger partial charge is 0.338 e. The van der Waals surface area contributed by atoms with Gasteiger partial charge in [-0.15, -0.1) is 0 Å². The third-order valence-corrected chi connectivity index (χ3v) is 19.2. The van der Waals surface area contributed by atoms with Crippen LogP contribution in [0.4, 0.5) is 0 Å². The summed E-state index contributed by atoms with van der Waals surface area (Å²) in [5.41, 5.74) is -3.46. The van der Waals surface area contributed by atoms with Gasteiger partial charge in [0.15, 0.2) is 25.2 Å². The Balaban J connectivity index is 0.804. The summed E-state index contributed by atoms with van der Waals surface area (Å²) in [4.78, 5) is 27.0. The van der Waals surface area contributed by atoms with Gasteiger partial charge in [0.1, 0.15) is 59.7 Å². The summed E-state index contributed by atoms with van der Waals surface area (Å²) in [6.07, 6.45) is -6.10. The number of aliphatic hydroxyl groups excluding tert-OH is 2. The summed E-state index contributed by atoms with van der Waals surface area (Å²) >= 11 is 0. The van der Waals surface area contributed by atoms with Crippen LogP contribution >= 0.6 is 0 Å². The van der Waals surface area contributed by atoms with E-state index in [2.05, 4.69) is 13.0 Å². The van der Waals surface area contributed by atoms with Crippen molar-refractivity contribution >= 4 is 11.8 Å². The molecule has 0 bridgehead atoms. The third kappa shape index (κ3) is 10.2. The van der Waals surface area contributed by atoms with Crippen LogP contribution < -0.4 is 0 Å². The first-order chi connectivity index (χ1) is 35.6. The molecule has 8 aliphatic rings. The van der Waals surface area contributed by atoms with E-state index in [1.807, 2.05) is 33.8 Å². The normalized spacial score (nSPS) is 48.9. The largest absolute Gasteiger partial charge is 0.458 e. The summed E-state index contributed by atoms with van der Waals surface area (Å²) in [6.45, 7) is 12.9. The lowest BCUT2D eigenvalue weighted by Gasteiger charge is -2.66. The minimum Gasteiger partial charge on any atom is -0.458 e. The van der Waals surface area contributed by atoms with Crippen LogP contribution in [0.25, 0.3) is 0 Å². The number of rotatable bonds is 15. The van der Waals surface area contributed by atoms with Crippen molar-refractivity contribution in [2.45, 2.75) is 241 Å². The molecule has 75 heavy (non-hydrogen) atoms. The Hall–Kier alpha value is -2.54. The van der Waals surface area contributed by atoms with Gasteiger partial charge in [0.2, 0.25) is 0 Å². The molecule has 0 radical (unpaired) electrons. The fourth-order valence-corrected chi connectivity index (χ4v) is 15.0. The fraction of sp³-hybridized carbons (Fsp3) is 0.821. The number of carbonyl (C=O) groups excluding carboxylic acids is 2. The standard InChI is InChI=1S/C56H84O19/c1-28(57)36-19-22-56(62)54(36,7)41(72-51(60)33-15-13-12-14-16-33)27-40-53(6)20-18-35(23-34(53)17-21-55(40,56)61)71-42-24-37(63-8)47(30(3)67-42)73-43-25-38(64-9)48(31(4)68-43)74-44-26-39(65-10)49(32(5)69-44)75-52-46(59)50(66-11)45(58)29(2)70-52/h12-17,29-32,35-50,52,58-59,61-62H,18-27H2,1-11H3/t29-,30-,31-,32-,35+,36-,37+,38+,39+,40-,41-,42+,43+,44+,45-,46-,47-,48-,49-,50+,52+,53+,54+,55+,56-/m1/s1. The molecule has 0 unspecified atom stereocenters. The van der Waals surface area contributed by atoms with E-state index in [1.54, 1.807) is 52.5 Å². The molecule has 19 nitrogen and oxygen atoms in total. The van der Waals surface area contributed by atoms with E-state index in [9.17, 15) is 30.0 Å². The number of esters is 1. The van der Waals surface area contributed by atoms with E-state index >= 15 is 0 Å². The van der Waals surface area contributed by atoms with Crippen molar-refractivity contribution in [2.75, 3.05) is 28.4 Å². The topological polar surface area (TPSA) is 235 Å². The molecule has 4 aliphatic heterocycles. The predicted molar refractivity (Wildman–Crippen MR) is 266 cm³/mol. The molecule has 1 aromatic carbocycles. The highest BCUT2D eigenvalue weighted by Gasteiger charge is 2.77. The van der Waals surface area contributed by atoms with Crippen molar-refractivity contribution in [2.24, 2.45) is 22.7 Å². The summed E-state index contributed by atoms with van der Waals surface area (Å²) in [5, 5.41) is 47.3. The molecule has 3 saturated carbocycles. The molecule has 9 rings (SSSR count). The van der Waals surface area contributed by atoms with E-state index in [0.29, 0.717) is 56.9 Å². The number of aliphatic hydroxyl groups is 4. The van der Waals surface area contributed by atoms with E-state index < -0.39 is 150 Å². The molecule has 4 aliphatic carbocycles. The molecule has 4 heterocycles. The molecular weight excluding hydrogens is 977 g/mol. The maximum absolute atomic E-state index is 13.7. The second kappa shape index (κ2) is 22.5. The Labute approximate surface area is 441 Å². The van der Waals surface area contributed by atoms with Crippen molar-refractivity contribution in [1.29, 1.82) is 0 Å². The van der Waals surface area contributed by atoms with Gasteiger partial charge in [-0.3, -0.25) is 4.79 Å². The zero-order valence-corrected chi connectivity index (χ0v) is 45.6. The first-order valence-electron chi connectivity index (χ1n) is 27.3. The van der Waals surface area contributed by atoms with Crippen LogP contribution in [-0.4, -0.2) is 189 Å². The second-order valence-electron chi connectivity index (χ2n) is 23.2. The zero-order chi connectivity index (χ0) is 53.9. The van der Waals surface area contributed by atoms with Crippen LogP contribution in [0, 0.1) is 22.7 Å². The van der Waals surface area contributed by atoms with E-state index in [0.717, 1.165) is 5.57 Å². The Morgan fingerprint density at radius 2 is 1.19 bits per heavy atom. The molecule has 25 atom stereocenters. The highest BCUT2D eigenvalue weighted by molar-refractivity contribution is 5.89. The van der Waals surface area contributed by atoms with Gasteiger partial charge in [-0.05, 0) is 97.1 Å².